The minimum Gasteiger partial charge on any atom is -0.497 e. The van der Waals surface area contributed by atoms with E-state index < -0.39 is 16.2 Å². The molecule has 7 nitrogen and oxygen atoms in total. The summed E-state index contributed by atoms with van der Waals surface area (Å²) in [5.74, 6) is 0.760. The third-order valence-corrected chi connectivity index (χ3v) is 7.46. The van der Waals surface area contributed by atoms with Gasteiger partial charge in [-0.25, -0.2) is 8.42 Å². The second-order valence-electron chi connectivity index (χ2n) is 6.71. The van der Waals surface area contributed by atoms with Crippen LogP contribution in [-0.4, -0.2) is 45.6 Å². The van der Waals surface area contributed by atoms with Crippen LogP contribution in [-0.2, 0) is 10.0 Å². The molecular weight excluding hydrogens is 386 g/mol. The molecule has 144 valence electrons. The minimum atomic E-state index is -3.58. The molecule has 2 aliphatic heterocycles. The first kappa shape index (κ1) is 18.3. The summed E-state index contributed by atoms with van der Waals surface area (Å²) in [6, 6.07) is 8.59. The second-order valence-corrected chi connectivity index (χ2v) is 9.34. The van der Waals surface area contributed by atoms with Crippen LogP contribution >= 0.6 is 11.3 Å². The van der Waals surface area contributed by atoms with Gasteiger partial charge in [-0.3, -0.25) is 4.79 Å². The molecule has 2 aromatic rings. The average molecular weight is 408 g/mol. The predicted octanol–water partition coefficient (Wildman–Crippen LogP) is 2.34. The molecule has 1 aromatic carbocycles. The summed E-state index contributed by atoms with van der Waals surface area (Å²) in [6.45, 7) is 1.23. The fourth-order valence-corrected chi connectivity index (χ4v) is 5.67. The molecule has 4 rings (SSSR count). The normalized spacial score (nSPS) is 22.0. The number of anilines is 1. The fraction of sp³-hybridized carbons (Fsp3) is 0.389. The zero-order valence-corrected chi connectivity index (χ0v) is 16.5. The van der Waals surface area contributed by atoms with Crippen molar-refractivity contribution in [2.75, 3.05) is 25.5 Å². The molecule has 1 aromatic heterocycles. The Morgan fingerprint density at radius 1 is 1.26 bits per heavy atom. The highest BCUT2D eigenvalue weighted by Crippen LogP contribution is 2.33. The van der Waals surface area contributed by atoms with E-state index in [1.54, 1.807) is 25.3 Å². The monoisotopic (exact) mass is 407 g/mol. The maximum absolute atomic E-state index is 12.6. The lowest BCUT2D eigenvalue weighted by atomic mass is 9.93. The molecule has 2 aliphatic rings. The fourth-order valence-electron chi connectivity index (χ4n) is 3.62. The standard InChI is InChI=1S/C18H21N3O4S2/c1-25-13-4-5-16-14(11-13)19-17(20-27(16,23)24)12-6-8-21(9-7-12)18(22)15-3-2-10-26-15/h2-5,10-12,17,19-20H,6-9H2,1H3. The van der Waals surface area contributed by atoms with Crippen molar-refractivity contribution in [3.05, 3.63) is 40.6 Å². The summed E-state index contributed by atoms with van der Waals surface area (Å²) in [7, 11) is -2.03. The molecule has 27 heavy (non-hydrogen) atoms. The van der Waals surface area contributed by atoms with E-state index in [1.165, 1.54) is 11.3 Å². The Morgan fingerprint density at radius 3 is 2.70 bits per heavy atom. The number of piperidine rings is 1. The maximum atomic E-state index is 12.6. The van der Waals surface area contributed by atoms with Crippen molar-refractivity contribution < 1.29 is 17.9 Å². The molecule has 9 heteroatoms. The van der Waals surface area contributed by atoms with Crippen molar-refractivity contribution >= 4 is 33.0 Å². The van der Waals surface area contributed by atoms with E-state index in [0.717, 1.165) is 17.7 Å². The Balaban J connectivity index is 1.46. The number of thiophene rings is 1. The molecule has 0 radical (unpaired) electrons. The van der Waals surface area contributed by atoms with E-state index in [4.69, 9.17) is 4.74 Å². The molecule has 0 saturated carbocycles. The Morgan fingerprint density at radius 2 is 2.04 bits per heavy atom. The SMILES string of the molecule is COc1ccc2c(c1)NC(C1CCN(C(=O)c3cccs3)CC1)NS2(=O)=O. The van der Waals surface area contributed by atoms with Crippen molar-refractivity contribution in [2.45, 2.75) is 23.9 Å². The Hall–Kier alpha value is -2.10. The lowest BCUT2D eigenvalue weighted by Crippen LogP contribution is -2.52. The first-order valence-electron chi connectivity index (χ1n) is 8.77. The molecule has 0 spiro atoms. The Kier molecular flexibility index (Phi) is 4.83. The molecule has 3 heterocycles. The Bertz CT molecular complexity index is 936. The molecule has 1 fully saturated rings. The zero-order chi connectivity index (χ0) is 19.0. The van der Waals surface area contributed by atoms with E-state index in [-0.39, 0.29) is 16.7 Å². The van der Waals surface area contributed by atoms with E-state index >= 15 is 0 Å². The molecule has 0 bridgehead atoms. The predicted molar refractivity (Wildman–Crippen MR) is 104 cm³/mol. The Labute approximate surface area is 162 Å². The molecular formula is C18H21N3O4S2. The van der Waals surface area contributed by atoms with Gasteiger partial charge in [-0.15, -0.1) is 11.3 Å². The lowest BCUT2D eigenvalue weighted by molar-refractivity contribution is 0.0684. The number of carbonyl (C=O) groups is 1. The third kappa shape index (κ3) is 3.54. The number of sulfonamides is 1. The zero-order valence-electron chi connectivity index (χ0n) is 14.8. The van der Waals surface area contributed by atoms with Crippen molar-refractivity contribution in [3.63, 3.8) is 0 Å². The highest BCUT2D eigenvalue weighted by Gasteiger charge is 2.36. The summed E-state index contributed by atoms with van der Waals surface area (Å²) in [4.78, 5) is 15.3. The first-order chi connectivity index (χ1) is 13.0. The van der Waals surface area contributed by atoms with Gasteiger partial charge in [0.15, 0.2) is 0 Å². The van der Waals surface area contributed by atoms with Crippen LogP contribution in [0.1, 0.15) is 22.5 Å². The highest BCUT2D eigenvalue weighted by atomic mass is 32.2. The van der Waals surface area contributed by atoms with Crippen LogP contribution in [0.25, 0.3) is 0 Å². The number of amides is 1. The van der Waals surface area contributed by atoms with Gasteiger partial charge in [0.25, 0.3) is 5.91 Å². The first-order valence-corrected chi connectivity index (χ1v) is 11.1. The molecule has 1 amide bonds. The van der Waals surface area contributed by atoms with Crippen LogP contribution < -0.4 is 14.8 Å². The van der Waals surface area contributed by atoms with Gasteiger partial charge in [-0.1, -0.05) is 6.07 Å². The summed E-state index contributed by atoms with van der Waals surface area (Å²) in [5.41, 5.74) is 0.551. The number of hydrogen-bond acceptors (Lipinski definition) is 6. The van der Waals surface area contributed by atoms with Crippen molar-refractivity contribution in [1.29, 1.82) is 0 Å². The number of fused-ring (bicyclic) bond motifs is 1. The van der Waals surface area contributed by atoms with Gasteiger partial charge >= 0.3 is 0 Å². The van der Waals surface area contributed by atoms with Crippen molar-refractivity contribution in [2.24, 2.45) is 5.92 Å². The van der Waals surface area contributed by atoms with Gasteiger partial charge in [0.05, 0.1) is 23.8 Å². The van der Waals surface area contributed by atoms with Gasteiger partial charge < -0.3 is 15.0 Å². The number of nitrogens with zero attached hydrogens (tertiary/aromatic N) is 1. The van der Waals surface area contributed by atoms with Crippen LogP contribution in [0.5, 0.6) is 5.75 Å². The summed E-state index contributed by atoms with van der Waals surface area (Å²) in [6.07, 6.45) is 1.07. The summed E-state index contributed by atoms with van der Waals surface area (Å²) < 4.78 is 33.2. The number of rotatable bonds is 3. The number of benzene rings is 1. The molecule has 1 saturated heterocycles. The van der Waals surface area contributed by atoms with Crippen LogP contribution in [0.2, 0.25) is 0 Å². The lowest BCUT2D eigenvalue weighted by Gasteiger charge is -2.38. The average Bonchev–Trinajstić information content (AvgIpc) is 3.21. The van der Waals surface area contributed by atoms with Gasteiger partial charge in [0.2, 0.25) is 10.0 Å². The van der Waals surface area contributed by atoms with Crippen LogP contribution in [0, 0.1) is 5.92 Å². The molecule has 1 unspecified atom stereocenters. The van der Waals surface area contributed by atoms with Gasteiger partial charge in [0.1, 0.15) is 10.6 Å². The van der Waals surface area contributed by atoms with E-state index in [9.17, 15) is 13.2 Å². The van der Waals surface area contributed by atoms with Crippen molar-refractivity contribution in [1.82, 2.24) is 9.62 Å². The molecule has 1 atom stereocenters. The van der Waals surface area contributed by atoms with E-state index in [2.05, 4.69) is 10.0 Å². The maximum Gasteiger partial charge on any atom is 0.263 e. The highest BCUT2D eigenvalue weighted by molar-refractivity contribution is 7.89. The topological polar surface area (TPSA) is 87.7 Å². The van der Waals surface area contributed by atoms with Gasteiger partial charge in [-0.2, -0.15) is 4.72 Å². The van der Waals surface area contributed by atoms with Gasteiger partial charge in [0, 0.05) is 19.2 Å². The molecule has 2 N–H and O–H groups in total. The van der Waals surface area contributed by atoms with Gasteiger partial charge in [-0.05, 0) is 42.3 Å². The van der Waals surface area contributed by atoms with Crippen LogP contribution in [0.4, 0.5) is 5.69 Å². The van der Waals surface area contributed by atoms with E-state index in [0.29, 0.717) is 24.5 Å². The number of hydrogen-bond donors (Lipinski definition) is 2. The number of methoxy groups -OCH3 is 1. The quantitative estimate of drug-likeness (QED) is 0.815. The van der Waals surface area contributed by atoms with Crippen LogP contribution in [0.3, 0.4) is 0 Å². The van der Waals surface area contributed by atoms with E-state index in [1.807, 2.05) is 22.4 Å². The summed E-state index contributed by atoms with van der Waals surface area (Å²) in [5, 5.41) is 5.19. The number of carbonyl (C=O) groups excluding carboxylic acids is 1. The minimum absolute atomic E-state index is 0.0516. The number of nitrogens with one attached hydrogen (secondary N) is 2. The van der Waals surface area contributed by atoms with Crippen LogP contribution in [0.15, 0.2) is 40.6 Å². The smallest absolute Gasteiger partial charge is 0.263 e. The summed E-state index contributed by atoms with van der Waals surface area (Å²) >= 11 is 1.44. The largest absolute Gasteiger partial charge is 0.497 e. The third-order valence-electron chi connectivity index (χ3n) is 5.10. The van der Waals surface area contributed by atoms with Crippen molar-refractivity contribution in [3.8, 4) is 5.75 Å². The number of ether oxygens (including phenoxy) is 1. The molecule has 0 aliphatic carbocycles. The second kappa shape index (κ2) is 7.14. The number of likely N-dealkylation sites (tertiary alicyclic amines) is 1.